The van der Waals surface area contributed by atoms with Crippen LogP contribution < -0.4 is 29.8 Å². The second-order valence-corrected chi connectivity index (χ2v) is 6.36. The zero-order valence-corrected chi connectivity index (χ0v) is 18.8. The van der Waals surface area contributed by atoms with Gasteiger partial charge in [-0.3, -0.25) is 30.6 Å². The molecule has 0 unspecified atom stereocenters. The van der Waals surface area contributed by atoms with Crippen molar-refractivity contribution < 1.29 is 43.0 Å². The Balaban J connectivity index is 2.02. The van der Waals surface area contributed by atoms with Crippen molar-refractivity contribution in [3.63, 3.8) is 0 Å². The molecule has 0 aliphatic heterocycles. The summed E-state index contributed by atoms with van der Waals surface area (Å²) in [5, 5.41) is 11.4. The van der Waals surface area contributed by atoms with E-state index in [9.17, 15) is 24.5 Å². The fourth-order valence-electron chi connectivity index (χ4n) is 2.71. The highest BCUT2D eigenvalue weighted by atomic mass is 16.6. The minimum atomic E-state index is -1.14. The van der Waals surface area contributed by atoms with Gasteiger partial charge in [-0.2, -0.15) is 0 Å². The van der Waals surface area contributed by atoms with Crippen LogP contribution in [0.3, 0.4) is 0 Å². The first-order chi connectivity index (χ1) is 16.2. The average molecular weight is 477 g/mol. The number of hydrogen-bond donors (Lipinski definition) is 2. The Labute approximate surface area is 194 Å². The summed E-state index contributed by atoms with van der Waals surface area (Å²) in [5.41, 5.74) is 3.36. The van der Waals surface area contributed by atoms with Crippen LogP contribution in [0.4, 0.5) is 5.69 Å². The quantitative estimate of drug-likeness (QED) is 0.292. The van der Waals surface area contributed by atoms with Crippen molar-refractivity contribution in [2.45, 2.75) is 6.92 Å². The molecule has 2 N–H and O–H groups in total. The summed E-state index contributed by atoms with van der Waals surface area (Å²) in [6.07, 6.45) is 0. The third kappa shape index (κ3) is 6.25. The molecule has 0 saturated carbocycles. The maximum atomic E-state index is 12.4. The van der Waals surface area contributed by atoms with E-state index >= 15 is 0 Å². The summed E-state index contributed by atoms with van der Waals surface area (Å²) >= 11 is 0. The summed E-state index contributed by atoms with van der Waals surface area (Å²) in [5.74, 6) is -1.84. The second-order valence-electron chi connectivity index (χ2n) is 6.36. The molecular formula is C21H23N3O10. The number of ether oxygens (including phenoxy) is 5. The van der Waals surface area contributed by atoms with E-state index in [1.54, 1.807) is 6.92 Å². The van der Waals surface area contributed by atoms with Crippen molar-refractivity contribution in [1.82, 2.24) is 10.9 Å². The molecule has 34 heavy (non-hydrogen) atoms. The molecule has 0 aromatic heterocycles. The summed E-state index contributed by atoms with van der Waals surface area (Å²) in [6.45, 7) is 1.07. The normalized spacial score (nSPS) is 10.0. The highest BCUT2D eigenvalue weighted by Crippen LogP contribution is 2.35. The van der Waals surface area contributed by atoms with Gasteiger partial charge in [-0.05, 0) is 25.1 Å². The number of methoxy groups -OCH3 is 3. The largest absolute Gasteiger partial charge is 0.493 e. The van der Waals surface area contributed by atoms with Crippen LogP contribution >= 0.6 is 0 Å². The third-order valence-corrected chi connectivity index (χ3v) is 4.29. The lowest BCUT2D eigenvalue weighted by Crippen LogP contribution is -2.43. The number of hydrazine groups is 1. The Kier molecular flexibility index (Phi) is 9.00. The molecule has 0 atom stereocenters. The molecule has 0 radical (unpaired) electrons. The van der Waals surface area contributed by atoms with E-state index in [1.165, 1.54) is 39.5 Å². The predicted octanol–water partition coefficient (Wildman–Crippen LogP) is 1.64. The van der Waals surface area contributed by atoms with E-state index in [0.717, 1.165) is 12.1 Å². The van der Waals surface area contributed by atoms with Crippen LogP contribution in [-0.2, 0) is 9.53 Å². The van der Waals surface area contributed by atoms with Crippen LogP contribution in [0.1, 0.15) is 27.6 Å². The lowest BCUT2D eigenvalue weighted by molar-refractivity contribution is -0.385. The van der Waals surface area contributed by atoms with Crippen molar-refractivity contribution in [2.24, 2.45) is 0 Å². The number of amides is 2. The van der Waals surface area contributed by atoms with Crippen molar-refractivity contribution in [3.05, 3.63) is 51.6 Å². The lowest BCUT2D eigenvalue weighted by Gasteiger charge is -2.12. The van der Waals surface area contributed by atoms with Gasteiger partial charge >= 0.3 is 5.97 Å². The van der Waals surface area contributed by atoms with Gasteiger partial charge in [0.15, 0.2) is 29.6 Å². The van der Waals surface area contributed by atoms with E-state index in [-0.39, 0.29) is 23.7 Å². The van der Waals surface area contributed by atoms with Gasteiger partial charge in [0.1, 0.15) is 5.56 Å². The molecule has 182 valence electrons. The molecule has 13 heteroatoms. The molecule has 0 aliphatic rings. The van der Waals surface area contributed by atoms with Crippen LogP contribution in [-0.4, -0.2) is 57.3 Å². The Morgan fingerprint density at radius 1 is 0.912 bits per heavy atom. The van der Waals surface area contributed by atoms with Gasteiger partial charge in [-0.25, -0.2) is 4.79 Å². The number of nitro benzene ring substituents is 1. The summed E-state index contributed by atoms with van der Waals surface area (Å²) in [4.78, 5) is 47.2. The summed E-state index contributed by atoms with van der Waals surface area (Å²) in [7, 11) is 4.14. The molecule has 2 aromatic carbocycles. The summed E-state index contributed by atoms with van der Waals surface area (Å²) < 4.78 is 25.4. The van der Waals surface area contributed by atoms with Crippen molar-refractivity contribution in [3.8, 4) is 23.0 Å². The Morgan fingerprint density at radius 2 is 1.56 bits per heavy atom. The molecule has 0 fully saturated rings. The molecule has 0 bridgehead atoms. The SMILES string of the molecule is CCOc1cc([N+](=O)[O-])c(C(=O)OCC(=O)NNC(=O)c2ccc(OC)c(OC)c2)cc1OC. The molecule has 0 spiro atoms. The molecule has 0 heterocycles. The van der Waals surface area contributed by atoms with E-state index in [4.69, 9.17) is 23.7 Å². The maximum Gasteiger partial charge on any atom is 0.345 e. The van der Waals surface area contributed by atoms with E-state index in [0.29, 0.717) is 11.5 Å². The number of carbonyl (C=O) groups is 3. The van der Waals surface area contributed by atoms with Gasteiger partial charge in [-0.1, -0.05) is 0 Å². The number of nitrogens with zero attached hydrogens (tertiary/aromatic N) is 1. The topological polar surface area (TPSA) is 165 Å². The average Bonchev–Trinajstić information content (AvgIpc) is 2.84. The molecule has 2 aromatic rings. The number of esters is 1. The second kappa shape index (κ2) is 11.9. The molecular weight excluding hydrogens is 454 g/mol. The van der Waals surface area contributed by atoms with Gasteiger partial charge in [0.25, 0.3) is 17.5 Å². The van der Waals surface area contributed by atoms with Gasteiger partial charge in [-0.15, -0.1) is 0 Å². The fraction of sp³-hybridized carbons (Fsp3) is 0.286. The number of carbonyl (C=O) groups excluding carboxylic acids is 3. The minimum absolute atomic E-state index is 0.0730. The number of nitrogens with one attached hydrogen (secondary N) is 2. The van der Waals surface area contributed by atoms with E-state index in [2.05, 4.69) is 10.9 Å². The molecule has 2 rings (SSSR count). The third-order valence-electron chi connectivity index (χ3n) is 4.29. The first kappa shape index (κ1) is 25.7. The smallest absolute Gasteiger partial charge is 0.345 e. The zero-order valence-electron chi connectivity index (χ0n) is 18.8. The van der Waals surface area contributed by atoms with Crippen LogP contribution in [0.5, 0.6) is 23.0 Å². The van der Waals surface area contributed by atoms with Crippen LogP contribution in [0.25, 0.3) is 0 Å². The highest BCUT2D eigenvalue weighted by Gasteiger charge is 2.26. The molecule has 0 saturated heterocycles. The zero-order chi connectivity index (χ0) is 25.3. The van der Waals surface area contributed by atoms with Crippen molar-refractivity contribution in [2.75, 3.05) is 34.5 Å². The predicted molar refractivity (Wildman–Crippen MR) is 116 cm³/mol. The molecule has 13 nitrogen and oxygen atoms in total. The summed E-state index contributed by atoms with van der Waals surface area (Å²) in [6, 6.07) is 6.47. The Hall–Kier alpha value is -4.55. The maximum absolute atomic E-state index is 12.4. The monoisotopic (exact) mass is 477 g/mol. The van der Waals surface area contributed by atoms with Gasteiger partial charge in [0.2, 0.25) is 0 Å². The number of benzene rings is 2. The van der Waals surface area contributed by atoms with Gasteiger partial charge < -0.3 is 23.7 Å². The number of rotatable bonds is 10. The first-order valence-corrected chi connectivity index (χ1v) is 9.73. The fourth-order valence-corrected chi connectivity index (χ4v) is 2.71. The van der Waals surface area contributed by atoms with E-state index in [1.807, 2.05) is 0 Å². The lowest BCUT2D eigenvalue weighted by atomic mass is 10.1. The molecule has 0 aliphatic carbocycles. The number of hydrogen-bond acceptors (Lipinski definition) is 10. The Morgan fingerprint density at radius 3 is 2.15 bits per heavy atom. The highest BCUT2D eigenvalue weighted by molar-refractivity contribution is 5.97. The Bertz CT molecular complexity index is 1090. The van der Waals surface area contributed by atoms with Gasteiger partial charge in [0, 0.05) is 11.6 Å². The van der Waals surface area contributed by atoms with E-state index < -0.39 is 40.6 Å². The van der Waals surface area contributed by atoms with Crippen LogP contribution in [0.15, 0.2) is 30.3 Å². The van der Waals surface area contributed by atoms with Crippen LogP contribution in [0, 0.1) is 10.1 Å². The first-order valence-electron chi connectivity index (χ1n) is 9.73. The van der Waals surface area contributed by atoms with Crippen LogP contribution in [0.2, 0.25) is 0 Å². The standard InChI is InChI=1S/C21H23N3O10/c1-5-33-18-10-14(24(28)29)13(9-17(18)32-4)21(27)34-11-19(25)22-23-20(26)12-6-7-15(30-2)16(8-12)31-3/h6-10H,5,11H2,1-4H3,(H,22,25)(H,23,26). The number of nitro groups is 1. The van der Waals surface area contributed by atoms with Gasteiger partial charge in [0.05, 0.1) is 38.9 Å². The molecule has 2 amide bonds. The van der Waals surface area contributed by atoms with Crippen molar-refractivity contribution in [1.29, 1.82) is 0 Å². The van der Waals surface area contributed by atoms with Crippen molar-refractivity contribution >= 4 is 23.5 Å². The minimum Gasteiger partial charge on any atom is -0.493 e.